The minimum absolute atomic E-state index is 0.273. The summed E-state index contributed by atoms with van der Waals surface area (Å²) in [5.74, 6) is 1.36. The molecule has 0 spiro atoms. The Labute approximate surface area is 162 Å². The highest BCUT2D eigenvalue weighted by atomic mass is 35.5. The van der Waals surface area contributed by atoms with E-state index in [0.29, 0.717) is 29.5 Å². The molecule has 27 heavy (non-hydrogen) atoms. The monoisotopic (exact) mass is 382 g/mol. The van der Waals surface area contributed by atoms with Gasteiger partial charge in [0.05, 0.1) is 7.11 Å². The maximum Gasteiger partial charge on any atom is 0.256 e. The number of rotatable bonds is 7. The second kappa shape index (κ2) is 9.00. The second-order valence-corrected chi connectivity index (χ2v) is 6.23. The van der Waals surface area contributed by atoms with Crippen molar-refractivity contribution in [1.82, 2.24) is 10.2 Å². The minimum atomic E-state index is -0.273. The fraction of sp³-hybridized carbons (Fsp3) is 0.150. The highest BCUT2D eigenvalue weighted by Crippen LogP contribution is 2.15. The molecule has 1 heterocycles. The number of benzene rings is 2. The van der Waals surface area contributed by atoms with Gasteiger partial charge in [-0.2, -0.15) is 0 Å². The van der Waals surface area contributed by atoms with Crippen LogP contribution in [0, 0.1) is 0 Å². The number of hydrogen-bond acceptors (Lipinski definition) is 5. The molecule has 1 amide bonds. The minimum Gasteiger partial charge on any atom is -0.497 e. The van der Waals surface area contributed by atoms with E-state index in [2.05, 4.69) is 20.8 Å². The van der Waals surface area contributed by atoms with E-state index < -0.39 is 0 Å². The van der Waals surface area contributed by atoms with Crippen LogP contribution in [0.2, 0.25) is 5.02 Å². The summed E-state index contributed by atoms with van der Waals surface area (Å²) in [6.07, 6.45) is 0.816. The van der Waals surface area contributed by atoms with Crippen molar-refractivity contribution in [1.29, 1.82) is 0 Å². The van der Waals surface area contributed by atoms with Crippen LogP contribution in [0.3, 0.4) is 0 Å². The molecule has 0 saturated carbocycles. The fourth-order valence-corrected chi connectivity index (χ4v) is 2.69. The van der Waals surface area contributed by atoms with Gasteiger partial charge in [0.2, 0.25) is 0 Å². The van der Waals surface area contributed by atoms with Crippen LogP contribution in [-0.4, -0.2) is 29.8 Å². The zero-order valence-electron chi connectivity index (χ0n) is 14.8. The molecular weight excluding hydrogens is 364 g/mol. The Morgan fingerprint density at radius 3 is 2.56 bits per heavy atom. The van der Waals surface area contributed by atoms with E-state index in [9.17, 15) is 4.79 Å². The first-order valence-electron chi connectivity index (χ1n) is 8.41. The van der Waals surface area contributed by atoms with Gasteiger partial charge in [0, 0.05) is 17.1 Å². The summed E-state index contributed by atoms with van der Waals surface area (Å²) in [6, 6.07) is 18.1. The topological polar surface area (TPSA) is 76.1 Å². The van der Waals surface area contributed by atoms with Crippen molar-refractivity contribution in [2.24, 2.45) is 0 Å². The largest absolute Gasteiger partial charge is 0.497 e. The number of hydrogen-bond donors (Lipinski definition) is 2. The molecule has 0 fully saturated rings. The smallest absolute Gasteiger partial charge is 0.256 e. The van der Waals surface area contributed by atoms with Crippen molar-refractivity contribution >= 4 is 29.1 Å². The van der Waals surface area contributed by atoms with Gasteiger partial charge >= 0.3 is 0 Å². The Morgan fingerprint density at radius 2 is 1.81 bits per heavy atom. The maximum absolute atomic E-state index is 12.3. The molecule has 0 unspecified atom stereocenters. The number of anilines is 2. The number of halogens is 1. The van der Waals surface area contributed by atoms with E-state index in [1.54, 1.807) is 43.5 Å². The first-order valence-corrected chi connectivity index (χ1v) is 8.79. The molecule has 0 saturated heterocycles. The lowest BCUT2D eigenvalue weighted by Gasteiger charge is -2.08. The lowest BCUT2D eigenvalue weighted by atomic mass is 10.1. The number of nitrogens with zero attached hydrogens (tertiary/aromatic N) is 2. The third-order valence-corrected chi connectivity index (χ3v) is 4.08. The Hall–Kier alpha value is -3.12. The van der Waals surface area contributed by atoms with Crippen molar-refractivity contribution < 1.29 is 9.53 Å². The number of ether oxygens (including phenoxy) is 1. The van der Waals surface area contributed by atoms with E-state index in [1.165, 1.54) is 0 Å². The summed E-state index contributed by atoms with van der Waals surface area (Å²) in [5.41, 5.74) is 1.63. The molecule has 1 aromatic heterocycles. The highest BCUT2D eigenvalue weighted by Gasteiger charge is 2.08. The Morgan fingerprint density at radius 1 is 1.04 bits per heavy atom. The molecule has 2 N–H and O–H groups in total. The average molecular weight is 383 g/mol. The first-order chi connectivity index (χ1) is 13.1. The van der Waals surface area contributed by atoms with Crippen molar-refractivity contribution in [3.63, 3.8) is 0 Å². The van der Waals surface area contributed by atoms with Crippen LogP contribution in [0.1, 0.15) is 15.9 Å². The molecule has 0 aliphatic carbocycles. The van der Waals surface area contributed by atoms with Gasteiger partial charge in [0.1, 0.15) is 11.6 Å². The van der Waals surface area contributed by atoms with E-state index in [4.69, 9.17) is 16.3 Å². The predicted molar refractivity (Wildman–Crippen MR) is 107 cm³/mol. The number of amides is 1. The number of carbonyl (C=O) groups is 1. The van der Waals surface area contributed by atoms with E-state index >= 15 is 0 Å². The molecule has 138 valence electrons. The zero-order valence-corrected chi connectivity index (χ0v) is 15.5. The molecule has 3 rings (SSSR count). The van der Waals surface area contributed by atoms with Crippen molar-refractivity contribution in [3.05, 3.63) is 76.8 Å². The summed E-state index contributed by atoms with van der Waals surface area (Å²) < 4.78 is 5.12. The highest BCUT2D eigenvalue weighted by molar-refractivity contribution is 6.30. The van der Waals surface area contributed by atoms with Gasteiger partial charge in [0.25, 0.3) is 5.91 Å². The Bertz CT molecular complexity index is 916. The van der Waals surface area contributed by atoms with Crippen LogP contribution in [0.15, 0.2) is 60.7 Å². The third-order valence-electron chi connectivity index (χ3n) is 3.85. The SMILES string of the molecule is COc1cccc(C(=O)Nc2ccc(NCCc3cccc(Cl)c3)nn2)c1. The van der Waals surface area contributed by atoms with Crippen molar-refractivity contribution in [2.75, 3.05) is 24.3 Å². The molecule has 0 aliphatic heterocycles. The van der Waals surface area contributed by atoms with Crippen LogP contribution in [0.25, 0.3) is 0 Å². The van der Waals surface area contributed by atoms with Gasteiger partial charge in [-0.15, -0.1) is 10.2 Å². The van der Waals surface area contributed by atoms with Crippen molar-refractivity contribution in [2.45, 2.75) is 6.42 Å². The molecule has 6 nitrogen and oxygen atoms in total. The summed E-state index contributed by atoms with van der Waals surface area (Å²) in [7, 11) is 1.56. The van der Waals surface area contributed by atoms with Gasteiger partial charge in [-0.25, -0.2) is 0 Å². The zero-order chi connectivity index (χ0) is 19.1. The fourth-order valence-electron chi connectivity index (χ4n) is 2.47. The van der Waals surface area contributed by atoms with Gasteiger partial charge in [-0.1, -0.05) is 29.8 Å². The van der Waals surface area contributed by atoms with Crippen LogP contribution < -0.4 is 15.4 Å². The van der Waals surface area contributed by atoms with Crippen LogP contribution >= 0.6 is 11.6 Å². The van der Waals surface area contributed by atoms with Crippen LogP contribution in [0.4, 0.5) is 11.6 Å². The summed E-state index contributed by atoms with van der Waals surface area (Å²) in [6.45, 7) is 0.699. The molecular formula is C20H19ClN4O2. The Kier molecular flexibility index (Phi) is 6.22. The second-order valence-electron chi connectivity index (χ2n) is 5.80. The van der Waals surface area contributed by atoms with Gasteiger partial charge in [0.15, 0.2) is 5.82 Å². The number of aromatic nitrogens is 2. The van der Waals surface area contributed by atoms with Crippen LogP contribution in [-0.2, 0) is 6.42 Å². The lowest BCUT2D eigenvalue weighted by molar-refractivity contribution is 0.102. The lowest BCUT2D eigenvalue weighted by Crippen LogP contribution is -2.14. The Balaban J connectivity index is 1.53. The predicted octanol–water partition coefficient (Wildman–Crippen LogP) is 4.05. The summed E-state index contributed by atoms with van der Waals surface area (Å²) in [5, 5.41) is 14.7. The maximum atomic E-state index is 12.3. The summed E-state index contributed by atoms with van der Waals surface area (Å²) >= 11 is 5.98. The molecule has 0 aliphatic rings. The number of carbonyl (C=O) groups excluding carboxylic acids is 1. The van der Waals surface area contributed by atoms with Gasteiger partial charge in [-0.3, -0.25) is 4.79 Å². The molecule has 7 heteroatoms. The van der Waals surface area contributed by atoms with Crippen LogP contribution in [0.5, 0.6) is 5.75 Å². The molecule has 2 aromatic carbocycles. The summed E-state index contributed by atoms with van der Waals surface area (Å²) in [4.78, 5) is 12.3. The average Bonchev–Trinajstić information content (AvgIpc) is 2.69. The van der Waals surface area contributed by atoms with Gasteiger partial charge < -0.3 is 15.4 Å². The molecule has 0 atom stereocenters. The molecule has 0 bridgehead atoms. The van der Waals surface area contributed by atoms with Crippen molar-refractivity contribution in [3.8, 4) is 5.75 Å². The standard InChI is InChI=1S/C20H19ClN4O2/c1-27-17-7-3-5-15(13-17)20(26)23-19-9-8-18(24-25-19)22-11-10-14-4-2-6-16(21)12-14/h2-9,12-13H,10-11H2,1H3,(H,22,24)(H,23,25,26). The van der Waals surface area contributed by atoms with E-state index in [-0.39, 0.29) is 5.91 Å². The quantitative estimate of drug-likeness (QED) is 0.644. The number of nitrogens with one attached hydrogen (secondary N) is 2. The molecule has 0 radical (unpaired) electrons. The molecule has 3 aromatic rings. The number of methoxy groups -OCH3 is 1. The van der Waals surface area contributed by atoms with E-state index in [0.717, 1.165) is 17.0 Å². The normalized spacial score (nSPS) is 10.3. The van der Waals surface area contributed by atoms with Gasteiger partial charge in [-0.05, 0) is 54.4 Å². The third kappa shape index (κ3) is 5.43. The van der Waals surface area contributed by atoms with E-state index in [1.807, 2.05) is 24.3 Å². The first kappa shape index (κ1) is 18.7.